The van der Waals surface area contributed by atoms with E-state index in [4.69, 9.17) is 4.74 Å². The number of hydrogen-bond acceptors (Lipinski definition) is 4. The lowest BCUT2D eigenvalue weighted by Gasteiger charge is -2.27. The van der Waals surface area contributed by atoms with Crippen LogP contribution < -0.4 is 4.90 Å². The third-order valence-electron chi connectivity index (χ3n) is 6.04. The number of aliphatic hydroxyl groups excluding tert-OH is 1. The smallest absolute Gasteiger partial charge is 0.241 e. The second-order valence-corrected chi connectivity index (χ2v) is 7.61. The van der Waals surface area contributed by atoms with E-state index in [-0.39, 0.29) is 18.4 Å². The Kier molecular flexibility index (Phi) is 3.27. The molecule has 5 rings (SSSR count). The molecule has 4 atom stereocenters. The van der Waals surface area contributed by atoms with Gasteiger partial charge in [-0.1, -0.05) is 54.6 Å². The molecule has 136 valence electrons. The molecule has 0 unspecified atom stereocenters. The highest BCUT2D eigenvalue weighted by Crippen LogP contribution is 2.57. The number of hydrogen-bond donors (Lipinski definition) is 1. The zero-order chi connectivity index (χ0) is 18.8. The van der Waals surface area contributed by atoms with Crippen molar-refractivity contribution in [3.63, 3.8) is 0 Å². The number of nitrogens with zero attached hydrogens (tertiary/aromatic N) is 1. The van der Waals surface area contributed by atoms with Gasteiger partial charge in [-0.25, -0.2) is 4.90 Å². The molecule has 0 aliphatic carbocycles. The zero-order valence-corrected chi connectivity index (χ0v) is 14.8. The molecule has 3 aliphatic heterocycles. The van der Waals surface area contributed by atoms with Crippen molar-refractivity contribution in [3.8, 4) is 11.1 Å². The van der Waals surface area contributed by atoms with Crippen LogP contribution in [0.4, 0.5) is 5.69 Å². The summed E-state index contributed by atoms with van der Waals surface area (Å²) in [5.41, 5.74) is 0.698. The first-order chi connectivity index (χ1) is 13.0. The van der Waals surface area contributed by atoms with Crippen molar-refractivity contribution in [1.29, 1.82) is 0 Å². The minimum atomic E-state index is -1.09. The number of fused-ring (bicyclic) bond motifs is 5. The highest BCUT2D eigenvalue weighted by Gasteiger charge is 2.72. The lowest BCUT2D eigenvalue weighted by molar-refractivity contribution is -0.131. The number of benzene rings is 2. The van der Waals surface area contributed by atoms with Crippen molar-refractivity contribution in [2.45, 2.75) is 18.1 Å². The van der Waals surface area contributed by atoms with Crippen LogP contribution >= 0.6 is 0 Å². The number of aliphatic hydroxyl groups is 1. The molecule has 1 N–H and O–H groups in total. The fourth-order valence-corrected chi connectivity index (χ4v) is 4.73. The van der Waals surface area contributed by atoms with E-state index in [1.807, 2.05) is 42.5 Å². The first kappa shape index (κ1) is 16.4. The van der Waals surface area contributed by atoms with Gasteiger partial charge in [0.05, 0.1) is 29.7 Å². The van der Waals surface area contributed by atoms with Gasteiger partial charge >= 0.3 is 0 Å². The molecule has 0 saturated carbocycles. The predicted octanol–water partition coefficient (Wildman–Crippen LogP) is 2.55. The molecule has 2 amide bonds. The van der Waals surface area contributed by atoms with E-state index in [1.165, 1.54) is 4.90 Å². The Morgan fingerprint density at radius 1 is 0.926 bits per heavy atom. The lowest BCUT2D eigenvalue weighted by atomic mass is 9.73. The molecule has 5 heteroatoms. The van der Waals surface area contributed by atoms with Crippen LogP contribution in [0.5, 0.6) is 0 Å². The molecule has 2 saturated heterocycles. The molecule has 3 heterocycles. The summed E-state index contributed by atoms with van der Waals surface area (Å²) in [5.74, 6) is -1.85. The Morgan fingerprint density at radius 3 is 2.22 bits per heavy atom. The lowest BCUT2D eigenvalue weighted by Crippen LogP contribution is -2.43. The number of carbonyl (C=O) groups is 2. The van der Waals surface area contributed by atoms with Crippen molar-refractivity contribution in [3.05, 3.63) is 66.7 Å². The van der Waals surface area contributed by atoms with Crippen LogP contribution in [0.1, 0.15) is 6.92 Å². The molecule has 2 aromatic carbocycles. The summed E-state index contributed by atoms with van der Waals surface area (Å²) in [6.07, 6.45) is 3.54. The summed E-state index contributed by atoms with van der Waals surface area (Å²) in [7, 11) is 0. The maximum atomic E-state index is 13.1. The van der Waals surface area contributed by atoms with Crippen molar-refractivity contribution in [2.24, 2.45) is 11.8 Å². The number of carbonyl (C=O) groups excluding carboxylic acids is 2. The highest BCUT2D eigenvalue weighted by atomic mass is 16.5. The van der Waals surface area contributed by atoms with Gasteiger partial charge in [0.1, 0.15) is 5.60 Å². The maximum Gasteiger partial charge on any atom is 0.241 e. The Balaban J connectivity index is 1.51. The average molecular weight is 361 g/mol. The molecular formula is C22H19NO4. The minimum absolute atomic E-state index is 0.264. The number of imide groups is 1. The van der Waals surface area contributed by atoms with Gasteiger partial charge in [0.25, 0.3) is 0 Å². The van der Waals surface area contributed by atoms with Crippen molar-refractivity contribution >= 4 is 17.5 Å². The van der Waals surface area contributed by atoms with Crippen LogP contribution in [0.2, 0.25) is 0 Å². The van der Waals surface area contributed by atoms with E-state index < -0.39 is 23.0 Å². The predicted molar refractivity (Wildman–Crippen MR) is 99.8 cm³/mol. The van der Waals surface area contributed by atoms with Crippen LogP contribution in [0, 0.1) is 11.8 Å². The van der Waals surface area contributed by atoms with E-state index in [0.717, 1.165) is 11.1 Å². The number of amides is 2. The molecule has 27 heavy (non-hydrogen) atoms. The van der Waals surface area contributed by atoms with Gasteiger partial charge in [-0.05, 0) is 30.2 Å². The van der Waals surface area contributed by atoms with Gasteiger partial charge in [0.15, 0.2) is 0 Å². The molecule has 2 fully saturated rings. The van der Waals surface area contributed by atoms with Crippen LogP contribution in [0.25, 0.3) is 11.1 Å². The minimum Gasteiger partial charge on any atom is -0.393 e. The number of ether oxygens (including phenoxy) is 1. The standard InChI is InChI=1S/C22H19NO4/c1-21-11-12-22(13-24,27-21)18-17(21)19(25)23(20(18)26)16-9-7-15(8-10-16)14-5-3-2-4-6-14/h2-12,17-18,24H,13H2,1H3/t17-,18+,21-,22-/m0/s1. The zero-order valence-electron chi connectivity index (χ0n) is 14.8. The summed E-state index contributed by atoms with van der Waals surface area (Å²) in [4.78, 5) is 27.5. The Hall–Kier alpha value is -2.76. The van der Waals surface area contributed by atoms with Crippen molar-refractivity contribution in [1.82, 2.24) is 0 Å². The van der Waals surface area contributed by atoms with Crippen molar-refractivity contribution < 1.29 is 19.4 Å². The van der Waals surface area contributed by atoms with E-state index in [1.54, 1.807) is 31.2 Å². The third-order valence-corrected chi connectivity index (χ3v) is 6.04. The van der Waals surface area contributed by atoms with Gasteiger partial charge in [0.2, 0.25) is 11.8 Å². The first-order valence-corrected chi connectivity index (χ1v) is 9.04. The molecule has 0 radical (unpaired) electrons. The molecule has 2 aromatic rings. The summed E-state index contributed by atoms with van der Waals surface area (Å²) in [6.45, 7) is 1.48. The second kappa shape index (κ2) is 5.38. The monoisotopic (exact) mass is 361 g/mol. The fourth-order valence-electron chi connectivity index (χ4n) is 4.73. The van der Waals surface area contributed by atoms with Gasteiger partial charge in [0, 0.05) is 0 Å². The van der Waals surface area contributed by atoms with Crippen molar-refractivity contribution in [2.75, 3.05) is 11.5 Å². The maximum absolute atomic E-state index is 13.1. The summed E-state index contributed by atoms with van der Waals surface area (Å²) >= 11 is 0. The Labute approximate surface area is 156 Å². The Morgan fingerprint density at radius 2 is 1.56 bits per heavy atom. The molecule has 2 bridgehead atoms. The Bertz CT molecular complexity index is 968. The number of rotatable bonds is 3. The second-order valence-electron chi connectivity index (χ2n) is 7.61. The average Bonchev–Trinajstić information content (AvgIpc) is 3.28. The third kappa shape index (κ3) is 2.07. The summed E-state index contributed by atoms with van der Waals surface area (Å²) in [6, 6.07) is 17.3. The van der Waals surface area contributed by atoms with E-state index in [2.05, 4.69) is 0 Å². The quantitative estimate of drug-likeness (QED) is 0.674. The largest absolute Gasteiger partial charge is 0.393 e. The fraction of sp³-hybridized carbons (Fsp3) is 0.273. The van der Waals surface area contributed by atoms with E-state index >= 15 is 0 Å². The van der Waals surface area contributed by atoms with Gasteiger partial charge in [-0.3, -0.25) is 9.59 Å². The van der Waals surface area contributed by atoms with Crippen LogP contribution in [-0.2, 0) is 14.3 Å². The normalized spacial score (nSPS) is 33.8. The van der Waals surface area contributed by atoms with Crippen LogP contribution in [0.15, 0.2) is 66.7 Å². The SMILES string of the molecule is C[C@@]12C=C[C@@](CO)(O1)[C@H]1C(=O)N(c3ccc(-c4ccccc4)cc3)C(=O)[C@H]12. The summed E-state index contributed by atoms with van der Waals surface area (Å²) < 4.78 is 5.94. The van der Waals surface area contributed by atoms with E-state index in [0.29, 0.717) is 5.69 Å². The van der Waals surface area contributed by atoms with Gasteiger partial charge in [-0.15, -0.1) is 0 Å². The van der Waals surface area contributed by atoms with Crippen LogP contribution in [-0.4, -0.2) is 34.7 Å². The summed E-state index contributed by atoms with van der Waals surface area (Å²) in [5, 5.41) is 9.87. The highest BCUT2D eigenvalue weighted by molar-refractivity contribution is 6.23. The van der Waals surface area contributed by atoms with Gasteiger partial charge < -0.3 is 9.84 Å². The van der Waals surface area contributed by atoms with Gasteiger partial charge in [-0.2, -0.15) is 0 Å². The topological polar surface area (TPSA) is 66.8 Å². The molecule has 5 nitrogen and oxygen atoms in total. The first-order valence-electron chi connectivity index (χ1n) is 9.04. The molecule has 3 aliphatic rings. The van der Waals surface area contributed by atoms with E-state index in [9.17, 15) is 14.7 Å². The molecular weight excluding hydrogens is 342 g/mol. The molecule has 0 spiro atoms. The number of anilines is 1. The molecule has 0 aromatic heterocycles. The van der Waals surface area contributed by atoms with Crippen LogP contribution in [0.3, 0.4) is 0 Å².